The molecular formula is C14H22N3O2+. The Bertz CT molecular complexity index is 422. The number of likely N-dealkylation sites (tertiary alicyclic amines) is 1. The lowest BCUT2D eigenvalue weighted by atomic mass is 9.93. The molecule has 0 unspecified atom stereocenters. The fourth-order valence-electron chi connectivity index (χ4n) is 2.25. The van der Waals surface area contributed by atoms with Gasteiger partial charge in [0.25, 0.3) is 0 Å². The highest BCUT2D eigenvalue weighted by Crippen LogP contribution is 2.32. The van der Waals surface area contributed by atoms with Crippen molar-refractivity contribution in [3.8, 4) is 0 Å². The maximum Gasteiger partial charge on any atom is 0.414 e. The van der Waals surface area contributed by atoms with Gasteiger partial charge in [-0.1, -0.05) is 6.92 Å². The summed E-state index contributed by atoms with van der Waals surface area (Å²) in [7, 11) is 0. The molecule has 0 aromatic carbocycles. The molecule has 0 bridgehead atoms. The van der Waals surface area contributed by atoms with Crippen LogP contribution in [-0.2, 0) is 4.74 Å². The fourth-order valence-corrected chi connectivity index (χ4v) is 2.25. The first kappa shape index (κ1) is 13.8. The zero-order chi connectivity index (χ0) is 14.0. The minimum absolute atomic E-state index is 0.0754. The van der Waals surface area contributed by atoms with E-state index in [0.29, 0.717) is 12.5 Å². The highest BCUT2D eigenvalue weighted by atomic mass is 16.6. The summed E-state index contributed by atoms with van der Waals surface area (Å²) in [5, 5.41) is 6.90. The number of nitrogens with one attached hydrogen (secondary N) is 1. The molecule has 1 saturated heterocycles. The molecule has 0 saturated carbocycles. The van der Waals surface area contributed by atoms with Crippen molar-refractivity contribution >= 4 is 6.09 Å². The van der Waals surface area contributed by atoms with Crippen LogP contribution in [0.3, 0.4) is 0 Å². The van der Waals surface area contributed by atoms with E-state index in [-0.39, 0.29) is 12.1 Å². The summed E-state index contributed by atoms with van der Waals surface area (Å²) in [6.07, 6.45) is 4.57. The molecule has 1 N–H and O–H groups in total. The number of amides is 1. The molecule has 0 radical (unpaired) electrons. The van der Waals surface area contributed by atoms with E-state index in [9.17, 15) is 4.79 Å². The van der Waals surface area contributed by atoms with E-state index in [2.05, 4.69) is 23.5 Å². The monoisotopic (exact) mass is 264 g/mol. The molecule has 2 atom stereocenters. The van der Waals surface area contributed by atoms with E-state index in [1.807, 2.05) is 26.8 Å². The number of rotatable bonds is 1. The Balaban J connectivity index is 2.15. The number of ether oxygens (including phenoxy) is 1. The van der Waals surface area contributed by atoms with E-state index in [1.165, 1.54) is 0 Å². The van der Waals surface area contributed by atoms with Crippen molar-refractivity contribution in [2.24, 2.45) is 5.92 Å². The van der Waals surface area contributed by atoms with E-state index >= 15 is 0 Å². The third-order valence-corrected chi connectivity index (χ3v) is 3.07. The zero-order valence-electron chi connectivity index (χ0n) is 12.0. The lowest BCUT2D eigenvalue weighted by molar-refractivity contribution is 0.0102. The summed E-state index contributed by atoms with van der Waals surface area (Å²) in [6.45, 7) is 8.49. The van der Waals surface area contributed by atoms with Gasteiger partial charge in [-0.25, -0.2) is 4.79 Å². The van der Waals surface area contributed by atoms with Gasteiger partial charge in [0.05, 0.1) is 6.42 Å². The summed E-state index contributed by atoms with van der Waals surface area (Å²) in [6, 6.07) is 1.82. The average Bonchev–Trinajstić information content (AvgIpc) is 2.80. The van der Waals surface area contributed by atoms with Crippen molar-refractivity contribution in [1.29, 1.82) is 0 Å². The molecule has 1 aliphatic heterocycles. The molecule has 5 nitrogen and oxygen atoms in total. The van der Waals surface area contributed by atoms with Crippen molar-refractivity contribution in [2.45, 2.75) is 45.8 Å². The van der Waals surface area contributed by atoms with Gasteiger partial charge >= 0.3 is 6.09 Å². The van der Waals surface area contributed by atoms with Crippen LogP contribution in [0.2, 0.25) is 0 Å². The Hall–Kier alpha value is -1.65. The minimum Gasteiger partial charge on any atom is -0.444 e. The quantitative estimate of drug-likeness (QED) is 0.793. The molecule has 1 aromatic heterocycles. The molecule has 1 aliphatic rings. The Morgan fingerprint density at radius 3 is 2.89 bits per heavy atom. The van der Waals surface area contributed by atoms with Crippen LogP contribution in [0.1, 0.15) is 45.9 Å². The minimum atomic E-state index is -0.476. The number of piperidine rings is 1. The zero-order valence-corrected chi connectivity index (χ0v) is 12.0. The standard InChI is InChI=1S/C14H22N3O2/c1-10-5-6-12(11-7-8-15-16-11)17(9-10)13(18)19-14(2,3)4/h6-8,10,12H,5,9H2,1-4H3,(H,15,16)/q+1/t10-,12+/m0/s1. The molecule has 0 spiro atoms. The number of aromatic amines is 1. The van der Waals surface area contributed by atoms with Gasteiger partial charge in [0.15, 0.2) is 0 Å². The van der Waals surface area contributed by atoms with Crippen molar-refractivity contribution in [3.05, 3.63) is 24.4 Å². The molecule has 19 heavy (non-hydrogen) atoms. The van der Waals surface area contributed by atoms with E-state index < -0.39 is 5.60 Å². The van der Waals surface area contributed by atoms with Gasteiger partial charge in [0, 0.05) is 18.7 Å². The van der Waals surface area contributed by atoms with Gasteiger partial charge in [-0.15, -0.1) is 0 Å². The van der Waals surface area contributed by atoms with Gasteiger partial charge in [-0.3, -0.25) is 10.00 Å². The molecule has 1 amide bonds. The first-order valence-electron chi connectivity index (χ1n) is 6.69. The first-order chi connectivity index (χ1) is 8.87. The second-order valence-corrected chi connectivity index (χ2v) is 6.17. The van der Waals surface area contributed by atoms with Crippen molar-refractivity contribution in [2.75, 3.05) is 6.54 Å². The van der Waals surface area contributed by atoms with E-state index in [1.54, 1.807) is 11.1 Å². The maximum absolute atomic E-state index is 12.3. The van der Waals surface area contributed by atoms with Crippen LogP contribution in [0.5, 0.6) is 0 Å². The van der Waals surface area contributed by atoms with Crippen molar-refractivity contribution in [1.82, 2.24) is 15.1 Å². The Kier molecular flexibility index (Phi) is 3.73. The molecule has 104 valence electrons. The van der Waals surface area contributed by atoms with Crippen LogP contribution in [0.25, 0.3) is 0 Å². The molecular weight excluding hydrogens is 242 g/mol. The number of nitrogens with zero attached hydrogens (tertiary/aromatic N) is 2. The largest absolute Gasteiger partial charge is 0.444 e. The number of hydrogen-bond donors (Lipinski definition) is 1. The third kappa shape index (κ3) is 3.43. The molecule has 1 aromatic rings. The summed E-state index contributed by atoms with van der Waals surface area (Å²) in [5.41, 5.74) is 0.453. The predicted octanol–water partition coefficient (Wildman–Crippen LogP) is 2.93. The number of carbonyl (C=O) groups excluding carboxylic acids is 1. The Morgan fingerprint density at radius 1 is 1.58 bits per heavy atom. The van der Waals surface area contributed by atoms with Gasteiger partial charge in [-0.2, -0.15) is 5.10 Å². The summed E-state index contributed by atoms with van der Waals surface area (Å²) < 4.78 is 5.49. The number of hydrogen-bond acceptors (Lipinski definition) is 3. The summed E-state index contributed by atoms with van der Waals surface area (Å²) >= 11 is 0. The van der Waals surface area contributed by atoms with Gasteiger partial charge in [0.1, 0.15) is 17.7 Å². The SMILES string of the molecule is C[C@H]1C[CH+][C@H](c2ccn[nH]2)N(C(=O)OC(C)(C)C)C1. The van der Waals surface area contributed by atoms with Crippen LogP contribution in [0.15, 0.2) is 12.3 Å². The van der Waals surface area contributed by atoms with E-state index in [0.717, 1.165) is 12.1 Å². The number of H-pyrrole nitrogens is 1. The van der Waals surface area contributed by atoms with Crippen LogP contribution < -0.4 is 0 Å². The summed E-state index contributed by atoms with van der Waals surface area (Å²) in [4.78, 5) is 14.1. The second kappa shape index (κ2) is 5.15. The lowest BCUT2D eigenvalue weighted by Crippen LogP contribution is -2.44. The number of carbonyl (C=O) groups is 1. The average molecular weight is 264 g/mol. The van der Waals surface area contributed by atoms with Gasteiger partial charge in [-0.05, 0) is 26.8 Å². The maximum atomic E-state index is 12.3. The molecule has 2 heterocycles. The summed E-state index contributed by atoms with van der Waals surface area (Å²) in [5.74, 6) is 0.451. The van der Waals surface area contributed by atoms with Gasteiger partial charge in [0.2, 0.25) is 6.04 Å². The second-order valence-electron chi connectivity index (χ2n) is 6.17. The normalized spacial score (nSPS) is 23.9. The molecule has 5 heteroatoms. The Morgan fingerprint density at radius 2 is 2.32 bits per heavy atom. The van der Waals surface area contributed by atoms with Crippen LogP contribution in [0, 0.1) is 12.3 Å². The smallest absolute Gasteiger partial charge is 0.414 e. The van der Waals surface area contributed by atoms with Crippen LogP contribution in [-0.4, -0.2) is 33.3 Å². The topological polar surface area (TPSA) is 58.2 Å². The van der Waals surface area contributed by atoms with E-state index in [4.69, 9.17) is 4.74 Å². The molecule has 2 rings (SSSR count). The highest BCUT2D eigenvalue weighted by Gasteiger charge is 2.40. The number of aromatic nitrogens is 2. The molecule has 1 fully saturated rings. The first-order valence-corrected chi connectivity index (χ1v) is 6.69. The third-order valence-electron chi connectivity index (χ3n) is 3.07. The van der Waals surface area contributed by atoms with Crippen molar-refractivity contribution < 1.29 is 9.53 Å². The highest BCUT2D eigenvalue weighted by molar-refractivity contribution is 5.69. The lowest BCUT2D eigenvalue weighted by Gasteiger charge is -2.33. The van der Waals surface area contributed by atoms with Crippen LogP contribution in [0.4, 0.5) is 4.79 Å². The fraction of sp³-hybridized carbons (Fsp3) is 0.643. The van der Waals surface area contributed by atoms with Crippen LogP contribution >= 0.6 is 0 Å². The predicted molar refractivity (Wildman–Crippen MR) is 72.3 cm³/mol. The van der Waals surface area contributed by atoms with Crippen molar-refractivity contribution in [3.63, 3.8) is 0 Å². The Labute approximate surface area is 114 Å². The molecule has 0 aliphatic carbocycles. The van der Waals surface area contributed by atoms with Gasteiger partial charge < -0.3 is 4.74 Å².